The van der Waals surface area contributed by atoms with Crippen molar-refractivity contribution in [2.24, 2.45) is 0 Å². The zero-order valence-corrected chi connectivity index (χ0v) is 23.8. The van der Waals surface area contributed by atoms with Crippen LogP contribution in [0.1, 0.15) is 0 Å². The van der Waals surface area contributed by atoms with Crippen molar-refractivity contribution < 1.29 is 37.0 Å². The molecule has 0 spiro atoms. The summed E-state index contributed by atoms with van der Waals surface area (Å²) >= 11 is 0. The first-order valence-electron chi connectivity index (χ1n) is 10.5. The second-order valence-corrected chi connectivity index (χ2v) is 22.6. The summed E-state index contributed by atoms with van der Waals surface area (Å²) in [6, 6.07) is 24.6. The van der Waals surface area contributed by atoms with Crippen molar-refractivity contribution in [3.05, 3.63) is 72.8 Å². The van der Waals surface area contributed by atoms with E-state index in [1.807, 2.05) is 36.4 Å². The second-order valence-electron chi connectivity index (χ2n) is 9.13. The standard InChI is InChI=1S/C18H15O4PSi2.C3H12O4Si2/c19-25(20,21)22-24-16-7-1-4-13(10-16)23(14-5-2-8-17(24)11-14)15-6-3-9-18(24)12-15;1-8(2,3)7-9(4,5)6/h1-12,19-21H;4-6H,1-3H3. The Balaban J connectivity index is 0.000000262. The molecule has 8 nitrogen and oxygen atoms in total. The maximum atomic E-state index is 9.90. The molecule has 0 saturated carbocycles. The van der Waals surface area contributed by atoms with Crippen molar-refractivity contribution in [1.82, 2.24) is 0 Å². The number of benzene rings is 3. The predicted octanol–water partition coefficient (Wildman–Crippen LogP) is -2.28. The van der Waals surface area contributed by atoms with Gasteiger partial charge in [0.2, 0.25) is 0 Å². The highest BCUT2D eigenvalue weighted by atomic mass is 31.1. The fraction of sp³-hybridized carbons (Fsp3) is 0.143. The van der Waals surface area contributed by atoms with Crippen LogP contribution in [-0.2, 0) is 8.23 Å². The fourth-order valence-corrected chi connectivity index (χ4v) is 16.5. The van der Waals surface area contributed by atoms with E-state index in [0.717, 1.165) is 15.6 Å². The SMILES string of the molecule is C[Si](C)(C)O[Si](O)(O)O.O[Si](O)(O)O[Si]12c3cccc(c3)P(c3cccc1c3)c1cccc2c1. The Labute approximate surface area is 203 Å². The Morgan fingerprint density at radius 1 is 0.618 bits per heavy atom. The smallest absolute Gasteiger partial charge is 0.395 e. The van der Waals surface area contributed by atoms with E-state index in [9.17, 15) is 14.4 Å². The lowest BCUT2D eigenvalue weighted by Gasteiger charge is -2.39. The minimum atomic E-state index is -4.76. The van der Waals surface area contributed by atoms with Crippen LogP contribution in [0.3, 0.4) is 0 Å². The van der Waals surface area contributed by atoms with Gasteiger partial charge >= 0.3 is 18.1 Å². The van der Waals surface area contributed by atoms with Crippen molar-refractivity contribution in [3.63, 3.8) is 0 Å². The molecule has 0 aliphatic carbocycles. The van der Waals surface area contributed by atoms with Gasteiger partial charge in [-0.1, -0.05) is 72.8 Å². The van der Waals surface area contributed by atoms with Crippen LogP contribution in [0.15, 0.2) is 72.8 Å². The third-order valence-electron chi connectivity index (χ3n) is 5.27. The molecule has 0 unspecified atom stereocenters. The lowest BCUT2D eigenvalue weighted by atomic mass is 10.3. The molecule has 180 valence electrons. The van der Waals surface area contributed by atoms with E-state index in [4.69, 9.17) is 18.5 Å². The average Bonchev–Trinajstić information content (AvgIpc) is 2.69. The van der Waals surface area contributed by atoms with Gasteiger partial charge in [0.15, 0.2) is 8.32 Å². The molecular formula is C21H27O8PSi4. The summed E-state index contributed by atoms with van der Waals surface area (Å²) in [5, 5.41) is 6.42. The Morgan fingerprint density at radius 3 is 1.26 bits per heavy atom. The van der Waals surface area contributed by atoms with Crippen LogP contribution >= 0.6 is 7.92 Å². The van der Waals surface area contributed by atoms with Crippen molar-refractivity contribution >= 4 is 74.1 Å². The van der Waals surface area contributed by atoms with Crippen LogP contribution in [0.25, 0.3) is 0 Å². The Bertz CT molecular complexity index is 1080. The normalized spacial score (nSPS) is 20.6. The Morgan fingerprint density at radius 2 is 1.00 bits per heavy atom. The molecule has 6 N–H and O–H groups in total. The van der Waals surface area contributed by atoms with Crippen LogP contribution in [0.2, 0.25) is 19.6 Å². The van der Waals surface area contributed by atoms with Gasteiger partial charge in [0.1, 0.15) is 0 Å². The molecule has 3 aliphatic heterocycles. The minimum absolute atomic E-state index is 0.659. The van der Waals surface area contributed by atoms with Gasteiger partial charge in [0, 0.05) is 0 Å². The third kappa shape index (κ3) is 5.39. The van der Waals surface area contributed by atoms with Gasteiger partial charge in [0.25, 0.3) is 8.32 Å². The number of hydrogen-bond acceptors (Lipinski definition) is 8. The lowest BCUT2D eigenvalue weighted by molar-refractivity contribution is 0.124. The van der Waals surface area contributed by atoms with Crippen LogP contribution in [0, 0.1) is 0 Å². The third-order valence-corrected chi connectivity index (χ3v) is 16.9. The molecule has 0 aromatic heterocycles. The average molecular weight is 551 g/mol. The first-order chi connectivity index (χ1) is 15.7. The Hall–Kier alpha value is -1.36. The maximum absolute atomic E-state index is 9.90. The highest BCUT2D eigenvalue weighted by Gasteiger charge is 2.52. The molecule has 3 aromatic carbocycles. The van der Waals surface area contributed by atoms with Gasteiger partial charge in [-0.15, -0.1) is 0 Å². The van der Waals surface area contributed by atoms with Crippen molar-refractivity contribution in [2.75, 3.05) is 0 Å². The molecule has 0 amide bonds. The van der Waals surface area contributed by atoms with Crippen LogP contribution in [-0.4, -0.2) is 63.5 Å². The van der Waals surface area contributed by atoms with Gasteiger partial charge in [-0.05, 0) is 59.0 Å². The number of hydrogen-bond donors (Lipinski definition) is 6. The first kappa shape index (κ1) is 25.7. The zero-order chi connectivity index (χ0) is 24.9. The highest BCUT2D eigenvalue weighted by molar-refractivity contribution is 7.80. The maximum Gasteiger partial charge on any atom is 0.661 e. The molecule has 3 aromatic rings. The van der Waals surface area contributed by atoms with E-state index in [1.165, 1.54) is 15.9 Å². The summed E-state index contributed by atoms with van der Waals surface area (Å²) in [6.45, 7) is 5.28. The monoisotopic (exact) mass is 550 g/mol. The van der Waals surface area contributed by atoms with Gasteiger partial charge in [-0.25, -0.2) is 0 Å². The molecule has 8 bridgehead atoms. The topological polar surface area (TPSA) is 140 Å². The predicted molar refractivity (Wildman–Crippen MR) is 140 cm³/mol. The van der Waals surface area contributed by atoms with Gasteiger partial charge in [-0.2, -0.15) is 0 Å². The van der Waals surface area contributed by atoms with E-state index >= 15 is 0 Å². The van der Waals surface area contributed by atoms with Gasteiger partial charge < -0.3 is 37.0 Å². The van der Waals surface area contributed by atoms with E-state index in [0.29, 0.717) is 0 Å². The lowest BCUT2D eigenvalue weighted by Crippen LogP contribution is -2.75. The van der Waals surface area contributed by atoms with E-state index in [-0.39, 0.29) is 0 Å². The summed E-state index contributed by atoms with van der Waals surface area (Å²) in [7, 11) is -14.8. The summed E-state index contributed by atoms with van der Waals surface area (Å²) in [5.74, 6) is 0. The van der Waals surface area contributed by atoms with Crippen molar-refractivity contribution in [2.45, 2.75) is 19.6 Å². The summed E-state index contributed by atoms with van der Waals surface area (Å²) in [4.78, 5) is 54.9. The molecule has 0 atom stereocenters. The molecule has 6 rings (SSSR count). The van der Waals surface area contributed by atoms with E-state index in [2.05, 4.69) is 40.5 Å². The number of rotatable bonds is 4. The molecule has 3 aliphatic rings. The molecule has 0 saturated heterocycles. The Kier molecular flexibility index (Phi) is 6.76. The summed E-state index contributed by atoms with van der Waals surface area (Å²) in [5.41, 5.74) is 0. The molecular weight excluding hydrogens is 524 g/mol. The first-order valence-corrected chi connectivity index (χ1v) is 20.7. The molecule has 0 fully saturated rings. The fourth-order valence-electron chi connectivity index (χ4n) is 4.33. The van der Waals surface area contributed by atoms with Crippen LogP contribution < -0.4 is 31.5 Å². The highest BCUT2D eigenvalue weighted by Crippen LogP contribution is 2.35. The van der Waals surface area contributed by atoms with Crippen molar-refractivity contribution in [3.8, 4) is 0 Å². The van der Waals surface area contributed by atoms with Gasteiger partial charge in [0.05, 0.1) is 0 Å². The van der Waals surface area contributed by atoms with Crippen LogP contribution in [0.5, 0.6) is 0 Å². The molecule has 3 heterocycles. The van der Waals surface area contributed by atoms with Crippen LogP contribution in [0.4, 0.5) is 0 Å². The molecule has 34 heavy (non-hydrogen) atoms. The summed E-state index contributed by atoms with van der Waals surface area (Å²) < 4.78 is 10.4. The largest absolute Gasteiger partial charge is 0.661 e. The zero-order valence-electron chi connectivity index (χ0n) is 18.9. The quantitative estimate of drug-likeness (QED) is 0.158. The van der Waals surface area contributed by atoms with E-state index in [1.54, 1.807) is 19.6 Å². The van der Waals surface area contributed by atoms with Crippen molar-refractivity contribution in [1.29, 1.82) is 0 Å². The molecule has 0 radical (unpaired) electrons. The second kappa shape index (κ2) is 8.94. The van der Waals surface area contributed by atoms with Gasteiger partial charge in [-0.3, -0.25) is 0 Å². The molecule has 13 heteroatoms. The summed E-state index contributed by atoms with van der Waals surface area (Å²) in [6.07, 6.45) is 0. The minimum Gasteiger partial charge on any atom is -0.395 e. The van der Waals surface area contributed by atoms with E-state index < -0.39 is 42.7 Å².